The van der Waals surface area contributed by atoms with E-state index in [1.807, 2.05) is 11.8 Å². The molecule has 3 aliphatic rings. The number of nitrogens with two attached hydrogens (primary N) is 1. The number of thioether (sulfide) groups is 1. The first-order valence-electron chi connectivity index (χ1n) is 9.50. The molecule has 8 heteroatoms. The molecule has 6 unspecified atom stereocenters. The summed E-state index contributed by atoms with van der Waals surface area (Å²) in [4.78, 5) is 14.8. The van der Waals surface area contributed by atoms with Gasteiger partial charge in [0.15, 0.2) is 0 Å². The molecule has 0 radical (unpaired) electrons. The van der Waals surface area contributed by atoms with Crippen molar-refractivity contribution in [2.24, 2.45) is 11.7 Å². The fraction of sp³-hybridized carbons (Fsp3) is 0.941. The molecule has 0 aromatic heterocycles. The smallest absolute Gasteiger partial charge is 0.225 e. The Hall–Kier alpha value is -0.380. The van der Waals surface area contributed by atoms with Crippen molar-refractivity contribution in [3.63, 3.8) is 0 Å². The highest BCUT2D eigenvalue weighted by Gasteiger charge is 2.44. The van der Waals surface area contributed by atoms with E-state index in [0.717, 1.165) is 25.7 Å². The molecular formula is C17H30N3O4S-. The third-order valence-corrected chi connectivity index (χ3v) is 7.30. The molecule has 25 heavy (non-hydrogen) atoms. The number of amides is 1. The lowest BCUT2D eigenvalue weighted by atomic mass is 9.81. The number of carbonyl (C=O) groups is 1. The molecule has 7 nitrogen and oxygen atoms in total. The third-order valence-electron chi connectivity index (χ3n) is 5.89. The maximum absolute atomic E-state index is 12.9. The lowest BCUT2D eigenvalue weighted by Crippen LogP contribution is -2.49. The van der Waals surface area contributed by atoms with E-state index in [0.29, 0.717) is 31.1 Å². The molecule has 3 rings (SSSR count). The molecule has 0 aromatic carbocycles. The average molecular weight is 373 g/mol. The quantitative estimate of drug-likeness (QED) is 0.714. The van der Waals surface area contributed by atoms with Crippen molar-refractivity contribution >= 4 is 17.7 Å². The van der Waals surface area contributed by atoms with Crippen LogP contribution in [0.25, 0.3) is 0 Å². The lowest BCUT2D eigenvalue weighted by molar-refractivity contribution is -0.150. The summed E-state index contributed by atoms with van der Waals surface area (Å²) in [6, 6.07) is -0.318. The molecule has 0 bridgehead atoms. The standard InChI is InChI=1S/C17H30N3O4S/c1-2-24-14-8-7-11(9-13(14)20(22)23)10-16(21)19-12-5-3-4-6-15(12)25-17(19)18/h11-15,17,22H,2-10,18H2,1H3/q-1. The zero-order chi connectivity index (χ0) is 18.0. The van der Waals surface area contributed by atoms with Gasteiger partial charge in [-0.3, -0.25) is 10.0 Å². The predicted octanol–water partition coefficient (Wildman–Crippen LogP) is 2.27. The van der Waals surface area contributed by atoms with Crippen molar-refractivity contribution in [2.45, 2.75) is 87.2 Å². The Morgan fingerprint density at radius 2 is 2.12 bits per heavy atom. The number of hydrogen-bond acceptors (Lipinski definition) is 7. The van der Waals surface area contributed by atoms with Crippen LogP contribution in [0.15, 0.2) is 0 Å². The number of carbonyl (C=O) groups excluding carboxylic acids is 1. The number of hydroxylamine groups is 2. The van der Waals surface area contributed by atoms with Crippen LogP contribution in [-0.4, -0.2) is 56.8 Å². The zero-order valence-corrected chi connectivity index (χ0v) is 15.7. The summed E-state index contributed by atoms with van der Waals surface area (Å²) >= 11 is 1.72. The van der Waals surface area contributed by atoms with Gasteiger partial charge < -0.3 is 25.8 Å². The van der Waals surface area contributed by atoms with Gasteiger partial charge in [0.1, 0.15) is 5.50 Å². The summed E-state index contributed by atoms with van der Waals surface area (Å²) in [6.45, 7) is 2.40. The average Bonchev–Trinajstić information content (AvgIpc) is 2.92. The van der Waals surface area contributed by atoms with Gasteiger partial charge in [-0.05, 0) is 44.9 Å². The minimum absolute atomic E-state index is 0.0194. The Balaban J connectivity index is 1.59. The minimum Gasteiger partial charge on any atom is -0.762 e. The second-order valence-corrected chi connectivity index (χ2v) is 8.83. The molecule has 6 atom stereocenters. The summed E-state index contributed by atoms with van der Waals surface area (Å²) in [7, 11) is 0. The molecular weight excluding hydrogens is 342 g/mol. The molecule has 0 spiro atoms. The van der Waals surface area contributed by atoms with Crippen LogP contribution >= 0.6 is 11.8 Å². The van der Waals surface area contributed by atoms with E-state index in [4.69, 9.17) is 10.5 Å². The summed E-state index contributed by atoms with van der Waals surface area (Å²) in [5, 5.41) is 21.4. The summed E-state index contributed by atoms with van der Waals surface area (Å²) in [5.74, 6) is 0.195. The van der Waals surface area contributed by atoms with Crippen molar-refractivity contribution in [1.29, 1.82) is 0 Å². The van der Waals surface area contributed by atoms with Gasteiger partial charge in [-0.1, -0.05) is 12.8 Å². The van der Waals surface area contributed by atoms with Crippen LogP contribution in [0.4, 0.5) is 0 Å². The monoisotopic (exact) mass is 372 g/mol. The predicted molar refractivity (Wildman–Crippen MR) is 96.6 cm³/mol. The van der Waals surface area contributed by atoms with Crippen LogP contribution in [0.5, 0.6) is 0 Å². The Kier molecular flexibility index (Phi) is 6.62. The molecule has 144 valence electrons. The highest BCUT2D eigenvalue weighted by Crippen LogP contribution is 2.42. The molecule has 1 heterocycles. The Bertz CT molecular complexity index is 467. The van der Waals surface area contributed by atoms with E-state index in [2.05, 4.69) is 0 Å². The molecule has 3 fully saturated rings. The van der Waals surface area contributed by atoms with Crippen molar-refractivity contribution < 1.29 is 14.7 Å². The van der Waals surface area contributed by atoms with E-state index in [1.165, 1.54) is 6.42 Å². The third kappa shape index (κ3) is 4.31. The fourth-order valence-electron chi connectivity index (χ4n) is 4.70. The topological polar surface area (TPSA) is 102 Å². The van der Waals surface area contributed by atoms with E-state index in [9.17, 15) is 15.2 Å². The molecule has 3 N–H and O–H groups in total. The highest BCUT2D eigenvalue weighted by atomic mass is 32.2. The van der Waals surface area contributed by atoms with Gasteiger partial charge in [-0.25, -0.2) is 0 Å². The number of fused-ring (bicyclic) bond motifs is 1. The van der Waals surface area contributed by atoms with Gasteiger partial charge in [0, 0.05) is 30.4 Å². The van der Waals surface area contributed by atoms with E-state index < -0.39 is 6.04 Å². The van der Waals surface area contributed by atoms with Crippen LogP contribution in [0.2, 0.25) is 0 Å². The van der Waals surface area contributed by atoms with Crippen LogP contribution in [-0.2, 0) is 9.53 Å². The van der Waals surface area contributed by atoms with E-state index in [1.54, 1.807) is 11.8 Å². The van der Waals surface area contributed by atoms with Crippen LogP contribution in [0, 0.1) is 11.1 Å². The van der Waals surface area contributed by atoms with E-state index in [-0.39, 0.29) is 34.7 Å². The van der Waals surface area contributed by atoms with Crippen molar-refractivity contribution in [2.75, 3.05) is 6.61 Å². The van der Waals surface area contributed by atoms with E-state index >= 15 is 0 Å². The van der Waals surface area contributed by atoms with Gasteiger partial charge in [0.2, 0.25) is 5.91 Å². The highest BCUT2D eigenvalue weighted by molar-refractivity contribution is 8.00. The molecule has 2 saturated carbocycles. The maximum atomic E-state index is 12.9. The lowest BCUT2D eigenvalue weighted by Gasteiger charge is -2.42. The summed E-state index contributed by atoms with van der Waals surface area (Å²) in [6.07, 6.45) is 6.74. The van der Waals surface area contributed by atoms with Crippen molar-refractivity contribution in [1.82, 2.24) is 10.1 Å². The summed E-state index contributed by atoms with van der Waals surface area (Å²) in [5.41, 5.74) is 5.99. The van der Waals surface area contributed by atoms with Gasteiger partial charge in [0.05, 0.1) is 6.10 Å². The molecule has 1 aliphatic heterocycles. The normalized spacial score (nSPS) is 38.8. The number of rotatable bonds is 5. The van der Waals surface area contributed by atoms with Gasteiger partial charge in [-0.2, -0.15) is 0 Å². The first-order valence-corrected chi connectivity index (χ1v) is 10.4. The second kappa shape index (κ2) is 8.54. The molecule has 2 aliphatic carbocycles. The number of ether oxygens (including phenoxy) is 1. The fourth-order valence-corrected chi connectivity index (χ4v) is 6.21. The van der Waals surface area contributed by atoms with Gasteiger partial charge >= 0.3 is 0 Å². The molecule has 1 saturated heterocycles. The van der Waals surface area contributed by atoms with Crippen LogP contribution in [0.3, 0.4) is 0 Å². The number of nitrogens with zero attached hydrogens (tertiary/aromatic N) is 2. The first kappa shape index (κ1) is 19.4. The SMILES string of the molecule is CCOC1CCC(CC(=O)N2C(N)SC3CCCCC32)CC1N([O-])O. The zero-order valence-electron chi connectivity index (χ0n) is 14.9. The molecule has 0 aromatic rings. The van der Waals surface area contributed by atoms with Crippen molar-refractivity contribution in [3.8, 4) is 0 Å². The Morgan fingerprint density at radius 3 is 2.84 bits per heavy atom. The number of hydrogen-bond donors (Lipinski definition) is 2. The van der Waals surface area contributed by atoms with Gasteiger partial charge in [-0.15, -0.1) is 11.8 Å². The Morgan fingerprint density at radius 1 is 1.36 bits per heavy atom. The largest absolute Gasteiger partial charge is 0.762 e. The first-order chi connectivity index (χ1) is 12.0. The van der Waals surface area contributed by atoms with Gasteiger partial charge in [0.25, 0.3) is 0 Å². The second-order valence-electron chi connectivity index (χ2n) is 7.46. The summed E-state index contributed by atoms with van der Waals surface area (Å²) < 4.78 is 5.58. The Labute approximate surface area is 153 Å². The van der Waals surface area contributed by atoms with Crippen LogP contribution in [0.1, 0.15) is 58.3 Å². The van der Waals surface area contributed by atoms with Crippen LogP contribution < -0.4 is 5.73 Å². The molecule has 1 amide bonds. The van der Waals surface area contributed by atoms with Crippen molar-refractivity contribution in [3.05, 3.63) is 5.21 Å². The maximum Gasteiger partial charge on any atom is 0.225 e. The minimum atomic E-state index is -0.587.